The summed E-state index contributed by atoms with van der Waals surface area (Å²) in [5.74, 6) is 1.72. The molecule has 0 fully saturated rings. The average Bonchev–Trinajstić information content (AvgIpc) is 3.54. The lowest BCUT2D eigenvalue weighted by Gasteiger charge is -2.18. The minimum absolute atomic E-state index is 0.0168. The van der Waals surface area contributed by atoms with Crippen molar-refractivity contribution < 1.29 is 9.15 Å². The van der Waals surface area contributed by atoms with Gasteiger partial charge in [-0.05, 0) is 42.0 Å². The van der Waals surface area contributed by atoms with Crippen LogP contribution in [-0.2, 0) is 0 Å². The molecule has 2 aromatic carbocycles. The highest BCUT2D eigenvalue weighted by Crippen LogP contribution is 2.39. The van der Waals surface area contributed by atoms with Crippen LogP contribution in [0.5, 0.6) is 5.75 Å². The van der Waals surface area contributed by atoms with E-state index in [1.807, 2.05) is 59.6 Å². The molecule has 6 heteroatoms. The van der Waals surface area contributed by atoms with E-state index in [1.165, 1.54) is 0 Å². The molecule has 4 aromatic rings. The van der Waals surface area contributed by atoms with Gasteiger partial charge in [0.05, 0.1) is 24.8 Å². The van der Waals surface area contributed by atoms with Crippen LogP contribution in [0.25, 0.3) is 11.3 Å². The summed E-state index contributed by atoms with van der Waals surface area (Å²) >= 11 is 1.59. The molecule has 5 nitrogen and oxygen atoms in total. The lowest BCUT2D eigenvalue weighted by atomic mass is 10.0. The molecule has 29 heavy (non-hydrogen) atoms. The molecule has 2 aromatic heterocycles. The molecular weight excluding hydrogens is 382 g/mol. The molecule has 0 radical (unpaired) electrons. The topological polar surface area (TPSA) is 50.9 Å². The fourth-order valence-corrected chi connectivity index (χ4v) is 4.29. The van der Waals surface area contributed by atoms with Crippen LogP contribution in [0.3, 0.4) is 0 Å². The summed E-state index contributed by atoms with van der Waals surface area (Å²) in [6.07, 6.45) is 2.45. The largest absolute Gasteiger partial charge is 0.497 e. The highest BCUT2D eigenvalue weighted by atomic mass is 32.1. The molecule has 3 heterocycles. The van der Waals surface area contributed by atoms with Gasteiger partial charge in [0.25, 0.3) is 0 Å². The van der Waals surface area contributed by atoms with Crippen molar-refractivity contribution in [3.8, 4) is 17.0 Å². The first kappa shape index (κ1) is 17.7. The Morgan fingerprint density at radius 1 is 1.00 bits per heavy atom. The Bertz CT molecular complexity index is 1120. The van der Waals surface area contributed by atoms with Crippen molar-refractivity contribution in [2.24, 2.45) is 5.10 Å². The number of ether oxygens (including phenoxy) is 1. The van der Waals surface area contributed by atoms with Crippen molar-refractivity contribution in [1.82, 2.24) is 4.98 Å². The van der Waals surface area contributed by atoms with E-state index in [1.54, 1.807) is 24.7 Å². The molecule has 144 valence electrons. The molecule has 1 aliphatic heterocycles. The van der Waals surface area contributed by atoms with E-state index in [9.17, 15) is 0 Å². The maximum absolute atomic E-state index is 5.72. The lowest BCUT2D eigenvalue weighted by molar-refractivity contribution is 0.415. The number of thiazole rings is 1. The van der Waals surface area contributed by atoms with Gasteiger partial charge in [-0.1, -0.05) is 30.3 Å². The smallest absolute Gasteiger partial charge is 0.207 e. The Balaban J connectivity index is 1.51. The summed E-state index contributed by atoms with van der Waals surface area (Å²) in [5.41, 5.74) is 4.13. The molecule has 0 saturated heterocycles. The van der Waals surface area contributed by atoms with E-state index in [4.69, 9.17) is 19.2 Å². The number of hydrogen-bond acceptors (Lipinski definition) is 6. The quantitative estimate of drug-likeness (QED) is 0.426. The monoisotopic (exact) mass is 401 g/mol. The minimum atomic E-state index is -0.0168. The first-order valence-electron chi connectivity index (χ1n) is 9.37. The third kappa shape index (κ3) is 3.43. The van der Waals surface area contributed by atoms with Crippen molar-refractivity contribution >= 4 is 22.2 Å². The summed E-state index contributed by atoms with van der Waals surface area (Å²) in [6, 6.07) is 22.1. The van der Waals surface area contributed by atoms with Crippen LogP contribution in [0, 0.1) is 0 Å². The Labute approximate surface area is 172 Å². The van der Waals surface area contributed by atoms with Gasteiger partial charge in [-0.15, -0.1) is 11.3 Å². The van der Waals surface area contributed by atoms with Crippen molar-refractivity contribution in [1.29, 1.82) is 0 Å². The van der Waals surface area contributed by atoms with Crippen molar-refractivity contribution in [3.05, 3.63) is 89.7 Å². The average molecular weight is 401 g/mol. The van der Waals surface area contributed by atoms with Gasteiger partial charge in [-0.2, -0.15) is 5.10 Å². The van der Waals surface area contributed by atoms with Crippen molar-refractivity contribution in [3.63, 3.8) is 0 Å². The molecule has 0 aliphatic carbocycles. The van der Waals surface area contributed by atoms with Crippen molar-refractivity contribution in [2.75, 3.05) is 12.1 Å². The lowest BCUT2D eigenvalue weighted by Crippen LogP contribution is -2.17. The van der Waals surface area contributed by atoms with Gasteiger partial charge < -0.3 is 9.15 Å². The van der Waals surface area contributed by atoms with Crippen LogP contribution in [0.1, 0.15) is 23.8 Å². The SMILES string of the molecule is COc1ccc(C2=NN(c3nc(-c4ccccc4)cs3)[C@@H](c3ccco3)C2)cc1. The zero-order valence-electron chi connectivity index (χ0n) is 15.9. The molecular formula is C23H19N3O2S. The highest BCUT2D eigenvalue weighted by Gasteiger charge is 2.33. The van der Waals surface area contributed by atoms with Gasteiger partial charge in [0.1, 0.15) is 17.6 Å². The van der Waals surface area contributed by atoms with Gasteiger partial charge in [0.15, 0.2) is 0 Å². The number of hydrogen-bond donors (Lipinski definition) is 0. The zero-order valence-corrected chi connectivity index (χ0v) is 16.7. The van der Waals surface area contributed by atoms with E-state index in [-0.39, 0.29) is 6.04 Å². The number of rotatable bonds is 5. The maximum Gasteiger partial charge on any atom is 0.207 e. The van der Waals surface area contributed by atoms with E-state index in [2.05, 4.69) is 17.5 Å². The van der Waals surface area contributed by atoms with Crippen LogP contribution in [0.15, 0.2) is 87.9 Å². The second-order valence-electron chi connectivity index (χ2n) is 6.74. The van der Waals surface area contributed by atoms with E-state index >= 15 is 0 Å². The van der Waals surface area contributed by atoms with Gasteiger partial charge in [-0.25, -0.2) is 9.99 Å². The minimum Gasteiger partial charge on any atom is -0.497 e. The molecule has 5 rings (SSSR count). The summed E-state index contributed by atoms with van der Waals surface area (Å²) in [7, 11) is 1.67. The number of methoxy groups -OCH3 is 1. The highest BCUT2D eigenvalue weighted by molar-refractivity contribution is 7.14. The normalized spacial score (nSPS) is 16.1. The summed E-state index contributed by atoms with van der Waals surface area (Å²) in [4.78, 5) is 4.85. The Hall–Kier alpha value is -3.38. The van der Waals surface area contributed by atoms with Crippen LogP contribution in [-0.4, -0.2) is 17.8 Å². The number of furan rings is 1. The van der Waals surface area contributed by atoms with E-state index in [0.29, 0.717) is 0 Å². The van der Waals surface area contributed by atoms with Crippen LogP contribution in [0.4, 0.5) is 5.13 Å². The summed E-state index contributed by atoms with van der Waals surface area (Å²) < 4.78 is 11.0. The second kappa shape index (κ2) is 7.56. The molecule has 0 saturated carbocycles. The number of benzene rings is 2. The molecule has 0 unspecified atom stereocenters. The van der Waals surface area contributed by atoms with Crippen LogP contribution in [0.2, 0.25) is 0 Å². The molecule has 1 aliphatic rings. The van der Waals surface area contributed by atoms with Crippen LogP contribution < -0.4 is 9.75 Å². The molecule has 1 atom stereocenters. The first-order chi connectivity index (χ1) is 14.3. The zero-order chi connectivity index (χ0) is 19.6. The first-order valence-corrected chi connectivity index (χ1v) is 10.3. The number of anilines is 1. The Morgan fingerprint density at radius 2 is 1.83 bits per heavy atom. The summed E-state index contributed by atoms with van der Waals surface area (Å²) in [6.45, 7) is 0. The third-order valence-corrected chi connectivity index (χ3v) is 5.79. The Morgan fingerprint density at radius 3 is 2.55 bits per heavy atom. The molecule has 0 N–H and O–H groups in total. The maximum atomic E-state index is 5.72. The number of aromatic nitrogens is 1. The molecule has 0 bridgehead atoms. The predicted octanol–water partition coefficient (Wildman–Crippen LogP) is 5.77. The standard InChI is InChI=1S/C23H19N3O2S/c1-27-18-11-9-17(10-12-18)19-14-21(22-8-5-13-28-22)26(25-19)23-24-20(15-29-23)16-6-3-2-4-7-16/h2-13,15,21H,14H2,1H3/t21-/m1/s1. The molecule has 0 spiro atoms. The van der Waals surface area contributed by atoms with E-state index < -0.39 is 0 Å². The fourth-order valence-electron chi connectivity index (χ4n) is 3.46. The number of hydrazone groups is 1. The van der Waals surface area contributed by atoms with Gasteiger partial charge in [-0.3, -0.25) is 0 Å². The fraction of sp³-hybridized carbons (Fsp3) is 0.130. The third-order valence-electron chi connectivity index (χ3n) is 4.96. The van der Waals surface area contributed by atoms with Gasteiger partial charge >= 0.3 is 0 Å². The predicted molar refractivity (Wildman–Crippen MR) is 116 cm³/mol. The van der Waals surface area contributed by atoms with Gasteiger partial charge in [0.2, 0.25) is 5.13 Å². The van der Waals surface area contributed by atoms with Gasteiger partial charge in [0, 0.05) is 17.4 Å². The second-order valence-corrected chi connectivity index (χ2v) is 7.57. The summed E-state index contributed by atoms with van der Waals surface area (Å²) in [5, 5.41) is 9.84. The number of nitrogens with zero attached hydrogens (tertiary/aromatic N) is 3. The van der Waals surface area contributed by atoms with E-state index in [0.717, 1.165) is 45.6 Å². The van der Waals surface area contributed by atoms with Crippen LogP contribution >= 0.6 is 11.3 Å². The Kier molecular flexibility index (Phi) is 4.62. The molecule has 0 amide bonds. The van der Waals surface area contributed by atoms with Crippen molar-refractivity contribution in [2.45, 2.75) is 12.5 Å².